The molecule has 0 saturated heterocycles. The maximum atomic E-state index is 11.9. The molecule has 0 aliphatic heterocycles. The van der Waals surface area contributed by atoms with Crippen molar-refractivity contribution in [3.63, 3.8) is 0 Å². The standard InChI is InChI=1S/C20H20BrNO6/c1-25-16-10-13(11-17(26-2)20(16)27-3)4-9-19(24)28-12-18(23)22-15-7-5-14(21)6-8-15/h4-11H,12H2,1-3H3,(H,22,23)/b9-4+. The SMILES string of the molecule is COc1cc(/C=C/C(=O)OCC(=O)Nc2ccc(Br)cc2)cc(OC)c1OC. The van der Waals surface area contributed by atoms with Crippen LogP contribution in [0.2, 0.25) is 0 Å². The zero-order valence-corrected chi connectivity index (χ0v) is 17.2. The van der Waals surface area contributed by atoms with Gasteiger partial charge in [-0.1, -0.05) is 15.9 Å². The molecule has 148 valence electrons. The molecule has 0 aliphatic rings. The molecule has 0 aliphatic carbocycles. The Morgan fingerprint density at radius 3 is 2.14 bits per heavy atom. The summed E-state index contributed by atoms with van der Waals surface area (Å²) in [5.41, 5.74) is 1.25. The summed E-state index contributed by atoms with van der Waals surface area (Å²) in [5, 5.41) is 2.63. The van der Waals surface area contributed by atoms with E-state index in [-0.39, 0.29) is 0 Å². The molecule has 1 amide bonds. The minimum atomic E-state index is -0.653. The third-order valence-electron chi connectivity index (χ3n) is 3.57. The molecule has 28 heavy (non-hydrogen) atoms. The molecule has 0 unspecified atom stereocenters. The Morgan fingerprint density at radius 1 is 1.00 bits per heavy atom. The number of ether oxygens (including phenoxy) is 4. The Bertz CT molecular complexity index is 838. The average molecular weight is 450 g/mol. The Kier molecular flexibility index (Phi) is 7.88. The summed E-state index contributed by atoms with van der Waals surface area (Å²) in [4.78, 5) is 23.7. The second-order valence-electron chi connectivity index (χ2n) is 5.45. The maximum Gasteiger partial charge on any atom is 0.331 e. The first-order valence-corrected chi connectivity index (χ1v) is 8.96. The summed E-state index contributed by atoms with van der Waals surface area (Å²) in [6.45, 7) is -0.394. The summed E-state index contributed by atoms with van der Waals surface area (Å²) in [5.74, 6) is 0.290. The number of anilines is 1. The quantitative estimate of drug-likeness (QED) is 0.488. The lowest BCUT2D eigenvalue weighted by atomic mass is 10.1. The number of hydrogen-bond donors (Lipinski definition) is 1. The third kappa shape index (κ3) is 6.02. The van der Waals surface area contributed by atoms with Crippen LogP contribution in [-0.2, 0) is 14.3 Å². The van der Waals surface area contributed by atoms with Gasteiger partial charge in [0, 0.05) is 16.2 Å². The molecule has 2 rings (SSSR count). The molecular weight excluding hydrogens is 430 g/mol. The van der Waals surface area contributed by atoms with Gasteiger partial charge in [-0.05, 0) is 48.0 Å². The normalized spacial score (nSPS) is 10.4. The molecule has 1 N–H and O–H groups in total. The van der Waals surface area contributed by atoms with Gasteiger partial charge >= 0.3 is 5.97 Å². The lowest BCUT2D eigenvalue weighted by Crippen LogP contribution is -2.20. The fourth-order valence-electron chi connectivity index (χ4n) is 2.28. The van der Waals surface area contributed by atoms with Crippen molar-refractivity contribution < 1.29 is 28.5 Å². The van der Waals surface area contributed by atoms with Gasteiger partial charge in [-0.2, -0.15) is 0 Å². The molecule has 8 heteroatoms. The first-order chi connectivity index (χ1) is 13.5. The number of carbonyl (C=O) groups excluding carboxylic acids is 2. The van der Waals surface area contributed by atoms with Crippen molar-refractivity contribution in [1.29, 1.82) is 0 Å². The Hall–Kier alpha value is -3.00. The topological polar surface area (TPSA) is 83.1 Å². The molecular formula is C20H20BrNO6. The van der Waals surface area contributed by atoms with Crippen LogP contribution in [-0.4, -0.2) is 39.8 Å². The highest BCUT2D eigenvalue weighted by Gasteiger charge is 2.12. The van der Waals surface area contributed by atoms with Crippen molar-refractivity contribution in [3.05, 3.63) is 52.5 Å². The van der Waals surface area contributed by atoms with Gasteiger partial charge < -0.3 is 24.3 Å². The molecule has 0 heterocycles. The number of hydrogen-bond acceptors (Lipinski definition) is 6. The summed E-state index contributed by atoms with van der Waals surface area (Å²) in [6.07, 6.45) is 2.74. The average Bonchev–Trinajstić information content (AvgIpc) is 2.71. The second-order valence-corrected chi connectivity index (χ2v) is 6.37. The smallest absolute Gasteiger partial charge is 0.331 e. The lowest BCUT2D eigenvalue weighted by Gasteiger charge is -2.12. The zero-order chi connectivity index (χ0) is 20.5. The fourth-order valence-corrected chi connectivity index (χ4v) is 2.54. The van der Waals surface area contributed by atoms with Crippen LogP contribution in [0.3, 0.4) is 0 Å². The number of esters is 1. The van der Waals surface area contributed by atoms with Crippen LogP contribution in [0.1, 0.15) is 5.56 Å². The fraction of sp³-hybridized carbons (Fsp3) is 0.200. The molecule has 7 nitrogen and oxygen atoms in total. The van der Waals surface area contributed by atoms with E-state index in [9.17, 15) is 9.59 Å². The van der Waals surface area contributed by atoms with E-state index in [2.05, 4.69) is 21.2 Å². The Labute approximate surface area is 171 Å². The summed E-state index contributed by atoms with van der Waals surface area (Å²) in [6, 6.07) is 10.4. The van der Waals surface area contributed by atoms with Gasteiger partial charge in [0.2, 0.25) is 5.75 Å². The number of nitrogens with one attached hydrogen (secondary N) is 1. The monoisotopic (exact) mass is 449 g/mol. The number of benzene rings is 2. The predicted molar refractivity (Wildman–Crippen MR) is 109 cm³/mol. The van der Waals surface area contributed by atoms with Crippen molar-refractivity contribution >= 4 is 39.6 Å². The predicted octanol–water partition coefficient (Wildman–Crippen LogP) is 3.67. The van der Waals surface area contributed by atoms with Gasteiger partial charge in [0.1, 0.15) is 0 Å². The van der Waals surface area contributed by atoms with E-state index in [0.717, 1.165) is 4.47 Å². The first kappa shape index (κ1) is 21.3. The third-order valence-corrected chi connectivity index (χ3v) is 4.10. The van der Waals surface area contributed by atoms with Crippen LogP contribution in [0.15, 0.2) is 46.9 Å². The van der Waals surface area contributed by atoms with Gasteiger partial charge in [0.25, 0.3) is 5.91 Å². The minimum Gasteiger partial charge on any atom is -0.493 e. The molecule has 0 aromatic heterocycles. The zero-order valence-electron chi connectivity index (χ0n) is 15.7. The first-order valence-electron chi connectivity index (χ1n) is 8.17. The number of methoxy groups -OCH3 is 3. The number of amides is 1. The number of rotatable bonds is 8. The summed E-state index contributed by atoms with van der Waals surface area (Å²) >= 11 is 3.31. The Morgan fingerprint density at radius 2 is 1.61 bits per heavy atom. The van der Waals surface area contributed by atoms with Crippen molar-refractivity contribution in [2.24, 2.45) is 0 Å². The van der Waals surface area contributed by atoms with Crippen LogP contribution in [0.25, 0.3) is 6.08 Å². The highest BCUT2D eigenvalue weighted by atomic mass is 79.9. The van der Waals surface area contributed by atoms with Gasteiger partial charge in [-0.25, -0.2) is 4.79 Å². The van der Waals surface area contributed by atoms with Crippen molar-refractivity contribution in [2.75, 3.05) is 33.3 Å². The molecule has 2 aromatic carbocycles. The number of halogens is 1. The van der Waals surface area contributed by atoms with Crippen molar-refractivity contribution in [1.82, 2.24) is 0 Å². The highest BCUT2D eigenvalue weighted by Crippen LogP contribution is 2.38. The van der Waals surface area contributed by atoms with Crippen LogP contribution >= 0.6 is 15.9 Å². The Balaban J connectivity index is 1.94. The van der Waals surface area contributed by atoms with Gasteiger partial charge in [0.15, 0.2) is 18.1 Å². The largest absolute Gasteiger partial charge is 0.493 e. The molecule has 0 spiro atoms. The lowest BCUT2D eigenvalue weighted by molar-refractivity contribution is -0.142. The van der Waals surface area contributed by atoms with Gasteiger partial charge in [-0.3, -0.25) is 4.79 Å². The van der Waals surface area contributed by atoms with E-state index in [1.165, 1.54) is 33.5 Å². The molecule has 0 fully saturated rings. The van der Waals surface area contributed by atoms with Crippen LogP contribution in [0.4, 0.5) is 5.69 Å². The molecule has 0 radical (unpaired) electrons. The molecule has 0 atom stereocenters. The van der Waals surface area contributed by atoms with Crippen LogP contribution in [0, 0.1) is 0 Å². The van der Waals surface area contributed by atoms with Crippen molar-refractivity contribution in [2.45, 2.75) is 0 Å². The van der Waals surface area contributed by atoms with E-state index in [0.29, 0.717) is 28.5 Å². The highest BCUT2D eigenvalue weighted by molar-refractivity contribution is 9.10. The molecule has 2 aromatic rings. The number of carbonyl (C=O) groups is 2. The van der Waals surface area contributed by atoms with Crippen LogP contribution < -0.4 is 19.5 Å². The van der Waals surface area contributed by atoms with E-state index in [1.54, 1.807) is 36.4 Å². The van der Waals surface area contributed by atoms with E-state index in [1.807, 2.05) is 0 Å². The van der Waals surface area contributed by atoms with Crippen LogP contribution in [0.5, 0.6) is 17.2 Å². The van der Waals surface area contributed by atoms with Gasteiger partial charge in [-0.15, -0.1) is 0 Å². The van der Waals surface area contributed by atoms with E-state index in [4.69, 9.17) is 18.9 Å². The van der Waals surface area contributed by atoms with Gasteiger partial charge in [0.05, 0.1) is 21.3 Å². The second kappa shape index (κ2) is 10.4. The van der Waals surface area contributed by atoms with E-state index < -0.39 is 18.5 Å². The van der Waals surface area contributed by atoms with E-state index >= 15 is 0 Å². The molecule has 0 bridgehead atoms. The molecule has 0 saturated carbocycles. The minimum absolute atomic E-state index is 0.394. The van der Waals surface area contributed by atoms with Crippen molar-refractivity contribution in [3.8, 4) is 17.2 Å². The summed E-state index contributed by atoms with van der Waals surface area (Å²) < 4.78 is 21.6. The maximum absolute atomic E-state index is 11.9. The summed E-state index contributed by atoms with van der Waals surface area (Å²) in [7, 11) is 4.51.